The molecule has 1 nitrogen and oxygen atoms in total. The first kappa shape index (κ1) is 10.1. The van der Waals surface area contributed by atoms with Crippen LogP contribution in [0.1, 0.15) is 66.1 Å². The number of piperidine rings is 1. The molecule has 0 bridgehead atoms. The molecule has 0 N–H and O–H groups in total. The Bertz CT molecular complexity index is 219. The van der Waals surface area contributed by atoms with Gasteiger partial charge in [0, 0.05) is 7.39 Å². The molecule has 0 amide bonds. The lowest BCUT2D eigenvalue weighted by molar-refractivity contribution is 0.125. The number of rotatable bonds is 5. The molecule has 2 saturated heterocycles. The van der Waals surface area contributed by atoms with Crippen molar-refractivity contribution in [2.24, 2.45) is 5.92 Å². The zero-order valence-corrected chi connectivity index (χ0v) is 10.3. The highest BCUT2D eigenvalue weighted by molar-refractivity contribution is 4.88. The van der Waals surface area contributed by atoms with Crippen molar-refractivity contribution >= 4 is 0 Å². The minimum absolute atomic E-state index is 0.162. The number of nitrogens with zero attached hydrogens (tertiary/aromatic N) is 1. The maximum atomic E-state index is 8.70. The second kappa shape index (κ2) is 5.89. The molecule has 0 aliphatic carbocycles. The summed E-state index contributed by atoms with van der Waals surface area (Å²) in [6.45, 7) is 4.65. The Morgan fingerprint density at radius 3 is 2.73 bits per heavy atom. The van der Waals surface area contributed by atoms with Gasteiger partial charge < -0.3 is 4.90 Å². The SMILES string of the molecule is [2H][C@@]12CCCN1CCC[C@@H]2CCCCCC. The molecule has 2 atom stereocenters. The summed E-state index contributed by atoms with van der Waals surface area (Å²) in [5.74, 6) is 0.667. The maximum Gasteiger partial charge on any atom is 0.0470 e. The molecule has 0 aromatic heterocycles. The van der Waals surface area contributed by atoms with E-state index in [-0.39, 0.29) is 6.02 Å². The predicted octanol–water partition coefficient (Wildman–Crippen LogP) is 3.83. The second-order valence-electron chi connectivity index (χ2n) is 5.27. The molecular weight excluding hydrogens is 182 g/mol. The van der Waals surface area contributed by atoms with Crippen molar-refractivity contribution in [1.82, 2.24) is 4.90 Å². The number of hydrogen-bond acceptors (Lipinski definition) is 1. The first-order valence-electron chi connectivity index (χ1n) is 7.52. The van der Waals surface area contributed by atoms with E-state index in [9.17, 15) is 0 Å². The summed E-state index contributed by atoms with van der Waals surface area (Å²) in [6.07, 6.45) is 11.8. The van der Waals surface area contributed by atoms with Gasteiger partial charge in [0.2, 0.25) is 0 Å². The van der Waals surface area contributed by atoms with E-state index in [1.165, 1.54) is 64.5 Å². The largest absolute Gasteiger partial charge is 0.300 e. The molecule has 0 radical (unpaired) electrons. The minimum atomic E-state index is -0.162. The molecule has 15 heavy (non-hydrogen) atoms. The van der Waals surface area contributed by atoms with Crippen LogP contribution in [-0.2, 0) is 0 Å². The van der Waals surface area contributed by atoms with Crippen molar-refractivity contribution in [3.8, 4) is 0 Å². The van der Waals surface area contributed by atoms with Crippen molar-refractivity contribution in [3.63, 3.8) is 0 Å². The van der Waals surface area contributed by atoms with Crippen LogP contribution in [0.4, 0.5) is 0 Å². The standard InChI is InChI=1S/C14H27N/c1-2-3-4-5-8-13-9-6-11-15-12-7-10-14(13)15/h13-14H,2-12H2,1H3/t13-,14-/m0/s1/i14D. The molecule has 2 rings (SSSR count). The third-order valence-corrected chi connectivity index (χ3v) is 4.13. The van der Waals surface area contributed by atoms with Gasteiger partial charge in [0.25, 0.3) is 0 Å². The highest BCUT2D eigenvalue weighted by Gasteiger charge is 2.33. The second-order valence-corrected chi connectivity index (χ2v) is 5.27. The van der Waals surface area contributed by atoms with E-state index >= 15 is 0 Å². The van der Waals surface area contributed by atoms with E-state index in [4.69, 9.17) is 1.37 Å². The summed E-state index contributed by atoms with van der Waals surface area (Å²) in [6, 6.07) is -0.162. The zero-order valence-electron chi connectivity index (χ0n) is 11.3. The van der Waals surface area contributed by atoms with Crippen molar-refractivity contribution < 1.29 is 1.37 Å². The van der Waals surface area contributed by atoms with Gasteiger partial charge >= 0.3 is 0 Å². The van der Waals surface area contributed by atoms with Crippen LogP contribution < -0.4 is 0 Å². The van der Waals surface area contributed by atoms with Gasteiger partial charge in [-0.2, -0.15) is 0 Å². The van der Waals surface area contributed by atoms with Gasteiger partial charge in [-0.15, -0.1) is 0 Å². The van der Waals surface area contributed by atoms with Gasteiger partial charge in [0.15, 0.2) is 0 Å². The normalized spacial score (nSPS) is 37.7. The Labute approximate surface area is 96.6 Å². The average molecular weight is 210 g/mol. The predicted molar refractivity (Wildman–Crippen MR) is 66.1 cm³/mol. The molecule has 2 heterocycles. The van der Waals surface area contributed by atoms with Gasteiger partial charge in [-0.25, -0.2) is 0 Å². The lowest BCUT2D eigenvalue weighted by Gasteiger charge is -2.36. The summed E-state index contributed by atoms with van der Waals surface area (Å²) in [7, 11) is 0. The van der Waals surface area contributed by atoms with Gasteiger partial charge in [0.05, 0.1) is 0 Å². The third-order valence-electron chi connectivity index (χ3n) is 4.13. The van der Waals surface area contributed by atoms with E-state index < -0.39 is 0 Å². The summed E-state index contributed by atoms with van der Waals surface area (Å²) in [5, 5.41) is 0. The van der Waals surface area contributed by atoms with Crippen molar-refractivity contribution in [3.05, 3.63) is 0 Å². The van der Waals surface area contributed by atoms with Gasteiger partial charge in [-0.3, -0.25) is 0 Å². The lowest BCUT2D eigenvalue weighted by Crippen LogP contribution is -2.40. The molecular formula is C14H27N. The Hall–Kier alpha value is -0.0400. The van der Waals surface area contributed by atoms with Crippen LogP contribution >= 0.6 is 0 Å². The van der Waals surface area contributed by atoms with E-state index in [0.717, 1.165) is 6.42 Å². The molecule has 0 saturated carbocycles. The molecule has 2 aliphatic rings. The number of fused-ring (bicyclic) bond motifs is 1. The molecule has 2 aliphatic heterocycles. The van der Waals surface area contributed by atoms with Crippen molar-refractivity contribution in [2.45, 2.75) is 70.7 Å². The average Bonchev–Trinajstić information content (AvgIpc) is 2.67. The Balaban J connectivity index is 1.83. The molecule has 1 heteroatoms. The van der Waals surface area contributed by atoms with Crippen LogP contribution in [0.3, 0.4) is 0 Å². The van der Waals surface area contributed by atoms with Crippen LogP contribution in [0.5, 0.6) is 0 Å². The van der Waals surface area contributed by atoms with E-state index in [0.29, 0.717) is 5.92 Å². The minimum Gasteiger partial charge on any atom is -0.300 e. The number of unbranched alkanes of at least 4 members (excludes halogenated alkanes) is 3. The lowest BCUT2D eigenvalue weighted by atomic mass is 9.85. The fourth-order valence-electron chi connectivity index (χ4n) is 3.29. The smallest absolute Gasteiger partial charge is 0.0470 e. The quantitative estimate of drug-likeness (QED) is 0.623. The molecule has 0 spiro atoms. The zero-order chi connectivity index (χ0) is 11.4. The Morgan fingerprint density at radius 2 is 1.93 bits per heavy atom. The van der Waals surface area contributed by atoms with Crippen LogP contribution in [0.15, 0.2) is 0 Å². The molecule has 0 aromatic rings. The van der Waals surface area contributed by atoms with Gasteiger partial charge in [0.1, 0.15) is 0 Å². The first-order valence-corrected chi connectivity index (χ1v) is 7.02. The monoisotopic (exact) mass is 210 g/mol. The topological polar surface area (TPSA) is 3.24 Å². The van der Waals surface area contributed by atoms with Crippen molar-refractivity contribution in [1.29, 1.82) is 0 Å². The summed E-state index contributed by atoms with van der Waals surface area (Å²) < 4.78 is 8.70. The fourth-order valence-corrected chi connectivity index (χ4v) is 3.29. The highest BCUT2D eigenvalue weighted by Crippen LogP contribution is 2.34. The molecule has 88 valence electrons. The maximum absolute atomic E-state index is 8.70. The van der Waals surface area contributed by atoms with Gasteiger partial charge in [-0.1, -0.05) is 32.6 Å². The summed E-state index contributed by atoms with van der Waals surface area (Å²) in [4.78, 5) is 2.46. The van der Waals surface area contributed by atoms with E-state index in [1.54, 1.807) is 0 Å². The molecule has 2 fully saturated rings. The van der Waals surface area contributed by atoms with Crippen LogP contribution in [0.25, 0.3) is 0 Å². The van der Waals surface area contributed by atoms with Gasteiger partial charge in [-0.05, 0) is 51.1 Å². The summed E-state index contributed by atoms with van der Waals surface area (Å²) in [5.41, 5.74) is 0. The van der Waals surface area contributed by atoms with E-state index in [2.05, 4.69) is 11.8 Å². The van der Waals surface area contributed by atoms with Crippen molar-refractivity contribution in [2.75, 3.05) is 13.1 Å². The molecule has 0 aromatic carbocycles. The van der Waals surface area contributed by atoms with Crippen LogP contribution in [0.2, 0.25) is 0 Å². The van der Waals surface area contributed by atoms with E-state index in [1.807, 2.05) is 0 Å². The van der Waals surface area contributed by atoms with Crippen LogP contribution in [0, 0.1) is 5.92 Å². The highest BCUT2D eigenvalue weighted by atomic mass is 15.2. The third kappa shape index (κ3) is 2.96. The van der Waals surface area contributed by atoms with Crippen LogP contribution in [-0.4, -0.2) is 24.0 Å². The summed E-state index contributed by atoms with van der Waals surface area (Å²) >= 11 is 0. The first-order chi connectivity index (χ1) is 7.77. The Morgan fingerprint density at radius 1 is 1.13 bits per heavy atom. The fraction of sp³-hybridized carbons (Fsp3) is 1.00. The molecule has 0 unspecified atom stereocenters. The Kier molecular flexibility index (Phi) is 3.98. The number of hydrogen-bond donors (Lipinski definition) is 0.